The van der Waals surface area contributed by atoms with Crippen LogP contribution < -0.4 is 10.2 Å². The Morgan fingerprint density at radius 1 is 1.32 bits per heavy atom. The highest BCUT2D eigenvalue weighted by Crippen LogP contribution is 2.62. The topological polar surface area (TPSA) is 58.1 Å². The molecule has 3 fully saturated rings. The fourth-order valence-corrected chi connectivity index (χ4v) is 4.42. The number of rotatable bonds is 3. The lowest BCUT2D eigenvalue weighted by Gasteiger charge is -2.33. The molecule has 0 aromatic carbocycles. The minimum Gasteiger partial charge on any atom is -0.353 e. The zero-order valence-corrected chi connectivity index (χ0v) is 13.0. The summed E-state index contributed by atoms with van der Waals surface area (Å²) in [6, 6.07) is 4.16. The maximum Gasteiger partial charge on any atom is 0.223 e. The zero-order valence-electron chi connectivity index (χ0n) is 13.0. The van der Waals surface area contributed by atoms with Crippen LogP contribution in [0.25, 0.3) is 0 Å². The molecule has 0 radical (unpaired) electrons. The van der Waals surface area contributed by atoms with Crippen molar-refractivity contribution in [2.45, 2.75) is 51.0 Å². The number of nitrogens with one attached hydrogen (secondary N) is 1. The first-order valence-electron chi connectivity index (χ1n) is 8.60. The number of aromatic nitrogens is 2. The Labute approximate surface area is 131 Å². The molecule has 2 aliphatic carbocycles. The van der Waals surface area contributed by atoms with Gasteiger partial charge >= 0.3 is 0 Å². The summed E-state index contributed by atoms with van der Waals surface area (Å²) in [6.45, 7) is 1.85. The third-order valence-electron chi connectivity index (χ3n) is 5.76. The summed E-state index contributed by atoms with van der Waals surface area (Å²) in [7, 11) is 0. The van der Waals surface area contributed by atoms with Gasteiger partial charge < -0.3 is 10.2 Å². The fraction of sp³-hybridized carbons (Fsp3) is 0.706. The third kappa shape index (κ3) is 2.57. The van der Waals surface area contributed by atoms with Crippen LogP contribution in [0.2, 0.25) is 0 Å². The van der Waals surface area contributed by atoms with Crippen LogP contribution in [0, 0.1) is 11.3 Å². The van der Waals surface area contributed by atoms with Crippen molar-refractivity contribution < 1.29 is 4.79 Å². The molecule has 3 aliphatic rings. The Bertz CT molecular complexity index is 541. The lowest BCUT2D eigenvalue weighted by Crippen LogP contribution is -2.48. The van der Waals surface area contributed by atoms with Gasteiger partial charge in [-0.15, -0.1) is 5.10 Å². The Balaban J connectivity index is 1.34. The van der Waals surface area contributed by atoms with Gasteiger partial charge in [-0.25, -0.2) is 0 Å². The first-order chi connectivity index (χ1) is 10.8. The predicted octanol–water partition coefficient (Wildman–Crippen LogP) is 2.14. The van der Waals surface area contributed by atoms with Crippen LogP contribution in [0.15, 0.2) is 18.3 Å². The van der Waals surface area contributed by atoms with E-state index >= 15 is 0 Å². The molecule has 1 aromatic heterocycles. The van der Waals surface area contributed by atoms with Crippen molar-refractivity contribution in [2.24, 2.45) is 11.3 Å². The highest BCUT2D eigenvalue weighted by molar-refractivity contribution is 5.83. The van der Waals surface area contributed by atoms with Crippen LogP contribution in [0.4, 0.5) is 5.82 Å². The van der Waals surface area contributed by atoms with E-state index in [1.807, 2.05) is 12.1 Å². The molecule has 1 spiro atoms. The maximum absolute atomic E-state index is 12.5. The Kier molecular flexibility index (Phi) is 3.51. The van der Waals surface area contributed by atoms with Crippen LogP contribution in [0.3, 0.4) is 0 Å². The highest BCUT2D eigenvalue weighted by atomic mass is 16.2. The number of piperidine rings is 1. The Morgan fingerprint density at radius 2 is 2.18 bits per heavy atom. The largest absolute Gasteiger partial charge is 0.353 e. The molecule has 1 saturated heterocycles. The van der Waals surface area contributed by atoms with Crippen LogP contribution in [-0.2, 0) is 4.79 Å². The molecule has 4 rings (SSSR count). The van der Waals surface area contributed by atoms with Gasteiger partial charge in [0.05, 0.1) is 0 Å². The number of hydrogen-bond acceptors (Lipinski definition) is 4. The average molecular weight is 300 g/mol. The minimum atomic E-state index is 0.252. The zero-order chi connectivity index (χ0) is 15.0. The molecule has 2 saturated carbocycles. The standard InChI is InChI=1S/C17H24N4O/c22-16(14-11-17(14)7-1-2-8-17)19-13-5-4-10-21(12-13)15-6-3-9-18-20-15/h3,6,9,13-14H,1-2,4-5,7-8,10-12H2,(H,19,22). The van der Waals surface area contributed by atoms with Gasteiger partial charge in [-0.2, -0.15) is 5.10 Å². The first-order valence-corrected chi connectivity index (χ1v) is 8.60. The summed E-state index contributed by atoms with van der Waals surface area (Å²) >= 11 is 0. The van der Waals surface area contributed by atoms with Crippen LogP contribution in [-0.4, -0.2) is 35.2 Å². The summed E-state index contributed by atoms with van der Waals surface area (Å²) in [4.78, 5) is 14.8. The van der Waals surface area contributed by atoms with Crippen molar-refractivity contribution in [3.63, 3.8) is 0 Å². The molecule has 22 heavy (non-hydrogen) atoms. The summed E-state index contributed by atoms with van der Waals surface area (Å²) in [6.07, 6.45) is 10.1. The Morgan fingerprint density at radius 3 is 2.95 bits per heavy atom. The summed E-state index contributed by atoms with van der Waals surface area (Å²) in [5.74, 6) is 1.51. The molecule has 2 heterocycles. The molecule has 1 amide bonds. The lowest BCUT2D eigenvalue weighted by molar-refractivity contribution is -0.123. The van der Waals surface area contributed by atoms with Gasteiger partial charge in [-0.3, -0.25) is 4.79 Å². The van der Waals surface area contributed by atoms with Crippen molar-refractivity contribution in [3.8, 4) is 0 Å². The molecule has 5 nitrogen and oxygen atoms in total. The highest BCUT2D eigenvalue weighted by Gasteiger charge is 2.58. The Hall–Kier alpha value is -1.65. The van der Waals surface area contributed by atoms with E-state index in [1.165, 1.54) is 25.7 Å². The van der Waals surface area contributed by atoms with Gasteiger partial charge in [0.25, 0.3) is 0 Å². The molecule has 0 bridgehead atoms. The first kappa shape index (κ1) is 14.0. The second-order valence-electron chi connectivity index (χ2n) is 7.20. The van der Waals surface area contributed by atoms with Crippen molar-refractivity contribution in [1.29, 1.82) is 0 Å². The quantitative estimate of drug-likeness (QED) is 0.929. The molecule has 118 valence electrons. The monoisotopic (exact) mass is 300 g/mol. The molecule has 5 heteroatoms. The summed E-state index contributed by atoms with van der Waals surface area (Å²) in [5, 5.41) is 11.4. The van der Waals surface area contributed by atoms with E-state index in [-0.39, 0.29) is 6.04 Å². The van der Waals surface area contributed by atoms with Crippen LogP contribution >= 0.6 is 0 Å². The van der Waals surface area contributed by atoms with Gasteiger partial charge in [0.2, 0.25) is 5.91 Å². The smallest absolute Gasteiger partial charge is 0.223 e. The van der Waals surface area contributed by atoms with Crippen molar-refractivity contribution in [3.05, 3.63) is 18.3 Å². The van der Waals surface area contributed by atoms with Crippen LogP contribution in [0.1, 0.15) is 44.9 Å². The van der Waals surface area contributed by atoms with Crippen molar-refractivity contribution in [1.82, 2.24) is 15.5 Å². The van der Waals surface area contributed by atoms with Crippen LogP contribution in [0.5, 0.6) is 0 Å². The fourth-order valence-electron chi connectivity index (χ4n) is 4.42. The molecule has 2 atom stereocenters. The number of hydrogen-bond donors (Lipinski definition) is 1. The molecule has 2 unspecified atom stereocenters. The molecular weight excluding hydrogens is 276 g/mol. The second-order valence-corrected chi connectivity index (χ2v) is 7.20. The third-order valence-corrected chi connectivity index (χ3v) is 5.76. The van der Waals surface area contributed by atoms with Gasteiger partial charge in [0, 0.05) is 31.2 Å². The number of carbonyl (C=O) groups is 1. The van der Waals surface area contributed by atoms with Gasteiger partial charge in [-0.1, -0.05) is 12.8 Å². The van der Waals surface area contributed by atoms with E-state index in [2.05, 4.69) is 20.4 Å². The van der Waals surface area contributed by atoms with E-state index in [0.717, 1.165) is 38.2 Å². The normalized spacial score (nSPS) is 29.5. The van der Waals surface area contributed by atoms with E-state index in [4.69, 9.17) is 0 Å². The number of anilines is 1. The van der Waals surface area contributed by atoms with Crippen molar-refractivity contribution in [2.75, 3.05) is 18.0 Å². The average Bonchev–Trinajstić information content (AvgIpc) is 3.06. The molecule has 1 N–H and O–H groups in total. The summed E-state index contributed by atoms with van der Waals surface area (Å²) in [5.41, 5.74) is 0.392. The van der Waals surface area contributed by atoms with Crippen molar-refractivity contribution >= 4 is 11.7 Å². The van der Waals surface area contributed by atoms with Gasteiger partial charge in [0.1, 0.15) is 0 Å². The number of amides is 1. The van der Waals surface area contributed by atoms with E-state index < -0.39 is 0 Å². The SMILES string of the molecule is O=C(NC1CCCN(c2cccnn2)C1)C1CC12CCCC2. The molecule has 1 aliphatic heterocycles. The van der Waals surface area contributed by atoms with E-state index in [0.29, 0.717) is 17.2 Å². The maximum atomic E-state index is 12.5. The minimum absolute atomic E-state index is 0.252. The van der Waals surface area contributed by atoms with E-state index in [9.17, 15) is 4.79 Å². The molecular formula is C17H24N4O. The molecule has 1 aromatic rings. The van der Waals surface area contributed by atoms with Gasteiger partial charge in [-0.05, 0) is 49.7 Å². The second kappa shape index (κ2) is 5.52. The predicted molar refractivity (Wildman–Crippen MR) is 84.4 cm³/mol. The lowest BCUT2D eigenvalue weighted by atomic mass is 10.0. The van der Waals surface area contributed by atoms with E-state index in [1.54, 1.807) is 6.20 Å². The summed E-state index contributed by atoms with van der Waals surface area (Å²) < 4.78 is 0. The van der Waals surface area contributed by atoms with Gasteiger partial charge in [0.15, 0.2) is 5.82 Å². The number of nitrogens with zero attached hydrogens (tertiary/aromatic N) is 3. The number of carbonyl (C=O) groups excluding carboxylic acids is 1.